The van der Waals surface area contributed by atoms with E-state index in [1.165, 1.54) is 0 Å². The number of nitrogens with one attached hydrogen (secondary N) is 2. The first-order chi connectivity index (χ1) is 6.84. The van der Waals surface area contributed by atoms with Crippen LogP contribution in [0, 0.1) is 6.92 Å². The van der Waals surface area contributed by atoms with Gasteiger partial charge in [-0.3, -0.25) is 0 Å². The molecule has 0 unspecified atom stereocenters. The van der Waals surface area contributed by atoms with Crippen LogP contribution in [-0.4, -0.2) is 15.0 Å². The Kier molecular flexibility index (Phi) is 2.44. The first kappa shape index (κ1) is 8.74. The summed E-state index contributed by atoms with van der Waals surface area (Å²) >= 11 is 0. The number of H-pyrrole nitrogens is 1. The number of nitrogens with zero attached hydrogens (tertiary/aromatic N) is 2. The molecule has 2 rings (SSSR count). The fourth-order valence-electron chi connectivity index (χ4n) is 1.14. The third-order valence-electron chi connectivity index (χ3n) is 1.90. The van der Waals surface area contributed by atoms with Gasteiger partial charge in [-0.2, -0.15) is 0 Å². The van der Waals surface area contributed by atoms with Crippen LogP contribution in [0.3, 0.4) is 0 Å². The first-order valence-corrected chi connectivity index (χ1v) is 4.49. The van der Waals surface area contributed by atoms with E-state index >= 15 is 0 Å². The minimum Gasteiger partial charge on any atom is -0.363 e. The average molecular weight is 188 g/mol. The molecule has 2 N–H and O–H groups in total. The summed E-state index contributed by atoms with van der Waals surface area (Å²) in [6.07, 6.45) is 5.38. The number of aryl methyl sites for hydroxylation is 1. The molecule has 72 valence electrons. The number of rotatable bonds is 3. The maximum Gasteiger partial charge on any atom is 0.126 e. The second-order valence-corrected chi connectivity index (χ2v) is 3.11. The second kappa shape index (κ2) is 3.91. The number of imidazole rings is 1. The van der Waals surface area contributed by atoms with Gasteiger partial charge in [-0.1, -0.05) is 6.07 Å². The van der Waals surface area contributed by atoms with Crippen LogP contribution in [0.5, 0.6) is 0 Å². The third kappa shape index (κ3) is 2.10. The van der Waals surface area contributed by atoms with Crippen LogP contribution in [0.15, 0.2) is 30.7 Å². The van der Waals surface area contributed by atoms with Gasteiger partial charge in [-0.25, -0.2) is 9.97 Å². The second-order valence-electron chi connectivity index (χ2n) is 3.11. The fourth-order valence-corrected chi connectivity index (χ4v) is 1.14. The minimum atomic E-state index is 0.670. The van der Waals surface area contributed by atoms with Gasteiger partial charge in [0, 0.05) is 18.6 Å². The molecule has 0 aliphatic rings. The van der Waals surface area contributed by atoms with Crippen LogP contribution in [0.25, 0.3) is 0 Å². The van der Waals surface area contributed by atoms with Crippen molar-refractivity contribution >= 4 is 5.82 Å². The molecule has 0 aliphatic carbocycles. The molecule has 4 heteroatoms. The fraction of sp³-hybridized carbons (Fsp3) is 0.200. The van der Waals surface area contributed by atoms with Gasteiger partial charge in [0.25, 0.3) is 0 Å². The highest BCUT2D eigenvalue weighted by Crippen LogP contribution is 2.04. The van der Waals surface area contributed by atoms with Gasteiger partial charge in [0.1, 0.15) is 11.6 Å². The molecule has 0 aromatic carbocycles. The molecule has 2 aromatic rings. The van der Waals surface area contributed by atoms with Crippen LogP contribution in [0.4, 0.5) is 5.82 Å². The Hall–Kier alpha value is -1.84. The van der Waals surface area contributed by atoms with E-state index in [0.717, 1.165) is 17.2 Å². The maximum atomic E-state index is 4.22. The molecule has 0 saturated carbocycles. The summed E-state index contributed by atoms with van der Waals surface area (Å²) in [4.78, 5) is 11.3. The zero-order valence-corrected chi connectivity index (χ0v) is 7.99. The number of anilines is 1. The lowest BCUT2D eigenvalue weighted by molar-refractivity contribution is 0.987. The van der Waals surface area contributed by atoms with Gasteiger partial charge in [0.15, 0.2) is 0 Å². The van der Waals surface area contributed by atoms with Gasteiger partial charge in [-0.05, 0) is 18.6 Å². The summed E-state index contributed by atoms with van der Waals surface area (Å²) in [5.74, 6) is 1.78. The van der Waals surface area contributed by atoms with Crippen molar-refractivity contribution in [3.05, 3.63) is 42.1 Å². The Bertz CT molecular complexity index is 377. The molecular weight excluding hydrogens is 176 g/mol. The highest BCUT2D eigenvalue weighted by atomic mass is 15.0. The van der Waals surface area contributed by atoms with Crippen molar-refractivity contribution in [2.24, 2.45) is 0 Å². The van der Waals surface area contributed by atoms with Gasteiger partial charge < -0.3 is 10.3 Å². The van der Waals surface area contributed by atoms with Crippen LogP contribution in [-0.2, 0) is 6.54 Å². The molecule has 0 amide bonds. The Balaban J connectivity index is 1.95. The number of pyridine rings is 1. The van der Waals surface area contributed by atoms with Gasteiger partial charge >= 0.3 is 0 Å². The maximum absolute atomic E-state index is 4.22. The molecule has 0 fully saturated rings. The highest BCUT2D eigenvalue weighted by molar-refractivity contribution is 5.35. The monoisotopic (exact) mass is 188 g/mol. The van der Waals surface area contributed by atoms with Crippen molar-refractivity contribution in [1.29, 1.82) is 0 Å². The molecule has 0 bridgehead atoms. The molecule has 2 heterocycles. The smallest absolute Gasteiger partial charge is 0.126 e. The van der Waals surface area contributed by atoms with Crippen molar-refractivity contribution < 1.29 is 0 Å². The van der Waals surface area contributed by atoms with E-state index in [4.69, 9.17) is 0 Å². The van der Waals surface area contributed by atoms with Crippen LogP contribution >= 0.6 is 0 Å². The highest BCUT2D eigenvalue weighted by Gasteiger charge is 1.95. The molecule has 0 aliphatic heterocycles. The van der Waals surface area contributed by atoms with Crippen molar-refractivity contribution in [3.63, 3.8) is 0 Å². The lowest BCUT2D eigenvalue weighted by atomic mass is 10.3. The minimum absolute atomic E-state index is 0.670. The number of hydrogen-bond donors (Lipinski definition) is 2. The normalized spacial score (nSPS) is 10.1. The predicted molar refractivity (Wildman–Crippen MR) is 54.9 cm³/mol. The molecule has 0 radical (unpaired) electrons. The van der Waals surface area contributed by atoms with Crippen molar-refractivity contribution in [1.82, 2.24) is 15.0 Å². The molecule has 14 heavy (non-hydrogen) atoms. The van der Waals surface area contributed by atoms with Crippen molar-refractivity contribution in [2.45, 2.75) is 13.5 Å². The van der Waals surface area contributed by atoms with Gasteiger partial charge in [0.2, 0.25) is 0 Å². The average Bonchev–Trinajstić information content (AvgIpc) is 2.70. The summed E-state index contributed by atoms with van der Waals surface area (Å²) in [6, 6.07) is 3.98. The zero-order chi connectivity index (χ0) is 9.80. The summed E-state index contributed by atoms with van der Waals surface area (Å²) in [5, 5.41) is 3.17. The van der Waals surface area contributed by atoms with E-state index in [-0.39, 0.29) is 0 Å². The summed E-state index contributed by atoms with van der Waals surface area (Å²) in [7, 11) is 0. The number of aromatic nitrogens is 3. The molecule has 2 aromatic heterocycles. The van der Waals surface area contributed by atoms with Crippen molar-refractivity contribution in [2.75, 3.05) is 5.32 Å². The Morgan fingerprint density at radius 1 is 1.36 bits per heavy atom. The van der Waals surface area contributed by atoms with E-state index in [0.29, 0.717) is 6.54 Å². The molecular formula is C10H12N4. The van der Waals surface area contributed by atoms with Crippen LogP contribution < -0.4 is 5.32 Å². The quantitative estimate of drug-likeness (QED) is 0.771. The summed E-state index contributed by atoms with van der Waals surface area (Å²) in [6.45, 7) is 2.69. The molecule has 0 spiro atoms. The number of hydrogen-bond acceptors (Lipinski definition) is 3. The van der Waals surface area contributed by atoms with E-state index in [1.807, 2.05) is 25.3 Å². The Labute approximate surface area is 82.4 Å². The zero-order valence-electron chi connectivity index (χ0n) is 7.99. The van der Waals surface area contributed by atoms with E-state index < -0.39 is 0 Å². The van der Waals surface area contributed by atoms with Crippen LogP contribution in [0.1, 0.15) is 11.4 Å². The van der Waals surface area contributed by atoms with Crippen molar-refractivity contribution in [3.8, 4) is 0 Å². The first-order valence-electron chi connectivity index (χ1n) is 4.49. The third-order valence-corrected chi connectivity index (χ3v) is 1.90. The standard InChI is InChI=1S/C10H12N4/c1-8-2-3-9(13-6-8)14-7-10-11-4-5-12-10/h2-6H,7H2,1H3,(H,11,12)(H,13,14). The van der Waals surface area contributed by atoms with E-state index in [1.54, 1.807) is 12.4 Å². The summed E-state index contributed by atoms with van der Waals surface area (Å²) in [5.41, 5.74) is 1.16. The van der Waals surface area contributed by atoms with Crippen LogP contribution in [0.2, 0.25) is 0 Å². The SMILES string of the molecule is Cc1ccc(NCc2ncc[nH]2)nc1. The Morgan fingerprint density at radius 2 is 2.29 bits per heavy atom. The largest absolute Gasteiger partial charge is 0.363 e. The number of aromatic amines is 1. The predicted octanol–water partition coefficient (Wildman–Crippen LogP) is 1.73. The lowest BCUT2D eigenvalue weighted by Crippen LogP contribution is -2.02. The topological polar surface area (TPSA) is 53.6 Å². The van der Waals surface area contributed by atoms with Gasteiger partial charge in [0.05, 0.1) is 6.54 Å². The van der Waals surface area contributed by atoms with Gasteiger partial charge in [-0.15, -0.1) is 0 Å². The molecule has 0 saturated heterocycles. The molecule has 4 nitrogen and oxygen atoms in total. The van der Waals surface area contributed by atoms with E-state index in [2.05, 4.69) is 20.3 Å². The Morgan fingerprint density at radius 3 is 2.93 bits per heavy atom. The molecule has 0 atom stereocenters. The summed E-state index contributed by atoms with van der Waals surface area (Å²) < 4.78 is 0. The van der Waals surface area contributed by atoms with E-state index in [9.17, 15) is 0 Å². The lowest BCUT2D eigenvalue weighted by Gasteiger charge is -2.02.